The fourth-order valence-corrected chi connectivity index (χ4v) is 4.62. The van der Waals surface area contributed by atoms with Crippen LogP contribution in [0.25, 0.3) is 0 Å². The van der Waals surface area contributed by atoms with Gasteiger partial charge in [-0.2, -0.15) is 0 Å². The van der Waals surface area contributed by atoms with Crippen LogP contribution in [0, 0.1) is 22.7 Å². The summed E-state index contributed by atoms with van der Waals surface area (Å²) in [6.45, 7) is 10.3. The molecular formula is C16H29NO. The minimum absolute atomic E-state index is 0.476. The molecule has 3 saturated carbocycles. The molecule has 0 heterocycles. The summed E-state index contributed by atoms with van der Waals surface area (Å²) in [5.74, 6) is 1.83. The van der Waals surface area contributed by atoms with Crippen LogP contribution in [0.15, 0.2) is 0 Å². The molecule has 0 saturated heterocycles. The normalized spacial score (nSPS) is 41.5. The summed E-state index contributed by atoms with van der Waals surface area (Å²) in [5, 5.41) is 3.81. The van der Waals surface area contributed by atoms with Crippen molar-refractivity contribution in [3.8, 4) is 0 Å². The van der Waals surface area contributed by atoms with E-state index in [0.29, 0.717) is 16.9 Å². The Balaban J connectivity index is 1.46. The molecule has 2 bridgehead atoms. The Bertz CT molecular complexity index is 305. The third-order valence-corrected chi connectivity index (χ3v) is 5.92. The zero-order valence-corrected chi connectivity index (χ0v) is 12.3. The van der Waals surface area contributed by atoms with E-state index in [2.05, 4.69) is 26.1 Å². The fourth-order valence-electron chi connectivity index (χ4n) is 4.62. The summed E-state index contributed by atoms with van der Waals surface area (Å²) >= 11 is 0. The summed E-state index contributed by atoms with van der Waals surface area (Å²) < 4.78 is 5.74. The van der Waals surface area contributed by atoms with Gasteiger partial charge in [-0.1, -0.05) is 20.8 Å². The summed E-state index contributed by atoms with van der Waals surface area (Å²) in [4.78, 5) is 0. The Morgan fingerprint density at radius 2 is 1.94 bits per heavy atom. The summed E-state index contributed by atoms with van der Waals surface area (Å²) in [5.41, 5.74) is 1.02. The van der Waals surface area contributed by atoms with Crippen molar-refractivity contribution in [2.75, 3.05) is 19.8 Å². The lowest BCUT2D eigenvalue weighted by Crippen LogP contribution is -2.51. The molecule has 0 aromatic heterocycles. The van der Waals surface area contributed by atoms with Crippen LogP contribution in [0.3, 0.4) is 0 Å². The van der Waals surface area contributed by atoms with Gasteiger partial charge in [-0.05, 0) is 54.8 Å². The van der Waals surface area contributed by atoms with Gasteiger partial charge < -0.3 is 10.1 Å². The van der Waals surface area contributed by atoms with Gasteiger partial charge in [0.1, 0.15) is 0 Å². The number of ether oxygens (including phenoxy) is 1. The average molecular weight is 251 g/mol. The van der Waals surface area contributed by atoms with E-state index in [1.165, 1.54) is 32.1 Å². The quantitative estimate of drug-likeness (QED) is 0.732. The second-order valence-corrected chi connectivity index (χ2v) is 7.82. The molecule has 0 spiro atoms. The van der Waals surface area contributed by atoms with Gasteiger partial charge in [-0.25, -0.2) is 0 Å². The zero-order valence-electron chi connectivity index (χ0n) is 12.3. The minimum Gasteiger partial charge on any atom is -0.380 e. The van der Waals surface area contributed by atoms with E-state index in [1.807, 2.05) is 0 Å². The molecular weight excluding hydrogens is 222 g/mol. The smallest absolute Gasteiger partial charge is 0.0591 e. The maximum atomic E-state index is 5.74. The highest BCUT2D eigenvalue weighted by Crippen LogP contribution is 2.62. The van der Waals surface area contributed by atoms with Crippen LogP contribution in [0.4, 0.5) is 0 Å². The molecule has 104 valence electrons. The van der Waals surface area contributed by atoms with Crippen molar-refractivity contribution >= 4 is 0 Å². The lowest BCUT2D eigenvalue weighted by Gasteiger charge is -2.43. The standard InChI is InChI=1S/C16H29NO/c1-15(2)13-6-7-16(3,10-13)14(15)17-8-9-18-11-12-4-5-12/h12-14,17H,4-11H2,1-3H3/t13-,14?,16+/m0/s1. The first-order chi connectivity index (χ1) is 8.52. The summed E-state index contributed by atoms with van der Waals surface area (Å²) in [6.07, 6.45) is 7.08. The summed E-state index contributed by atoms with van der Waals surface area (Å²) in [7, 11) is 0. The van der Waals surface area contributed by atoms with E-state index >= 15 is 0 Å². The molecule has 1 N–H and O–H groups in total. The van der Waals surface area contributed by atoms with Crippen molar-refractivity contribution in [2.45, 2.75) is 58.9 Å². The molecule has 3 atom stereocenters. The third kappa shape index (κ3) is 2.22. The maximum Gasteiger partial charge on any atom is 0.0591 e. The topological polar surface area (TPSA) is 21.3 Å². The first kappa shape index (κ1) is 12.9. The van der Waals surface area contributed by atoms with Crippen LogP contribution < -0.4 is 5.32 Å². The Morgan fingerprint density at radius 1 is 1.17 bits per heavy atom. The second-order valence-electron chi connectivity index (χ2n) is 7.82. The number of hydrogen-bond donors (Lipinski definition) is 1. The van der Waals surface area contributed by atoms with Gasteiger partial charge in [-0.3, -0.25) is 0 Å². The first-order valence-electron chi connectivity index (χ1n) is 7.83. The highest BCUT2D eigenvalue weighted by atomic mass is 16.5. The molecule has 0 aromatic carbocycles. The van der Waals surface area contributed by atoms with Gasteiger partial charge >= 0.3 is 0 Å². The van der Waals surface area contributed by atoms with E-state index in [0.717, 1.165) is 31.6 Å². The Morgan fingerprint density at radius 3 is 2.56 bits per heavy atom. The Hall–Kier alpha value is -0.0800. The van der Waals surface area contributed by atoms with Crippen molar-refractivity contribution in [2.24, 2.45) is 22.7 Å². The average Bonchev–Trinajstić information content (AvgIpc) is 3.00. The van der Waals surface area contributed by atoms with E-state index < -0.39 is 0 Å². The maximum absolute atomic E-state index is 5.74. The highest BCUT2D eigenvalue weighted by Gasteiger charge is 2.58. The molecule has 3 fully saturated rings. The van der Waals surface area contributed by atoms with Crippen molar-refractivity contribution in [1.29, 1.82) is 0 Å². The van der Waals surface area contributed by atoms with Crippen molar-refractivity contribution in [3.05, 3.63) is 0 Å². The molecule has 18 heavy (non-hydrogen) atoms. The summed E-state index contributed by atoms with van der Waals surface area (Å²) in [6, 6.07) is 0.688. The predicted molar refractivity (Wildman–Crippen MR) is 74.6 cm³/mol. The molecule has 0 radical (unpaired) electrons. The van der Waals surface area contributed by atoms with Gasteiger partial charge in [-0.15, -0.1) is 0 Å². The van der Waals surface area contributed by atoms with E-state index in [9.17, 15) is 0 Å². The van der Waals surface area contributed by atoms with E-state index in [-0.39, 0.29) is 0 Å². The van der Waals surface area contributed by atoms with Gasteiger partial charge in [0, 0.05) is 19.2 Å². The van der Waals surface area contributed by atoms with Gasteiger partial charge in [0.2, 0.25) is 0 Å². The first-order valence-corrected chi connectivity index (χ1v) is 7.83. The molecule has 0 aromatic rings. The van der Waals surface area contributed by atoms with E-state index in [4.69, 9.17) is 4.74 Å². The molecule has 3 aliphatic carbocycles. The monoisotopic (exact) mass is 251 g/mol. The van der Waals surface area contributed by atoms with Crippen LogP contribution in [-0.4, -0.2) is 25.8 Å². The lowest BCUT2D eigenvalue weighted by molar-refractivity contribution is 0.0847. The number of nitrogens with one attached hydrogen (secondary N) is 1. The number of rotatable bonds is 6. The SMILES string of the molecule is CC1(C)C(NCCOCC2CC2)[C@]2(C)CC[C@H]1C2. The van der Waals surface area contributed by atoms with E-state index in [1.54, 1.807) is 0 Å². The third-order valence-electron chi connectivity index (χ3n) is 5.92. The minimum atomic E-state index is 0.476. The van der Waals surface area contributed by atoms with Crippen molar-refractivity contribution in [3.63, 3.8) is 0 Å². The number of hydrogen-bond acceptors (Lipinski definition) is 2. The Kier molecular flexibility index (Phi) is 3.22. The largest absolute Gasteiger partial charge is 0.380 e. The molecule has 1 unspecified atom stereocenters. The molecule has 3 rings (SSSR count). The fraction of sp³-hybridized carbons (Fsp3) is 1.00. The van der Waals surface area contributed by atoms with Gasteiger partial charge in [0.25, 0.3) is 0 Å². The zero-order chi connectivity index (χ0) is 12.8. The molecule has 0 aliphatic heterocycles. The highest BCUT2D eigenvalue weighted by molar-refractivity contribution is 5.11. The molecule has 2 heteroatoms. The number of fused-ring (bicyclic) bond motifs is 2. The van der Waals surface area contributed by atoms with Gasteiger partial charge in [0.15, 0.2) is 0 Å². The molecule has 3 aliphatic rings. The lowest BCUT2D eigenvalue weighted by atomic mass is 9.68. The second kappa shape index (κ2) is 4.49. The molecule has 2 nitrogen and oxygen atoms in total. The van der Waals surface area contributed by atoms with Crippen molar-refractivity contribution < 1.29 is 4.74 Å². The molecule has 0 amide bonds. The van der Waals surface area contributed by atoms with Gasteiger partial charge in [0.05, 0.1) is 6.61 Å². The van der Waals surface area contributed by atoms with Crippen molar-refractivity contribution in [1.82, 2.24) is 5.32 Å². The Labute approximate surface area is 112 Å². The van der Waals surface area contributed by atoms with Crippen LogP contribution >= 0.6 is 0 Å². The van der Waals surface area contributed by atoms with Crippen LogP contribution in [0.5, 0.6) is 0 Å². The van der Waals surface area contributed by atoms with Crippen LogP contribution in [0.2, 0.25) is 0 Å². The predicted octanol–water partition coefficient (Wildman–Crippen LogP) is 3.22. The van der Waals surface area contributed by atoms with Crippen LogP contribution in [-0.2, 0) is 4.74 Å². The van der Waals surface area contributed by atoms with Crippen LogP contribution in [0.1, 0.15) is 52.9 Å².